The van der Waals surface area contributed by atoms with Gasteiger partial charge in [-0.3, -0.25) is 9.36 Å². The first-order valence-corrected chi connectivity index (χ1v) is 10.6. The predicted molar refractivity (Wildman–Crippen MR) is 112 cm³/mol. The number of carbonyl (C=O) groups is 1. The van der Waals surface area contributed by atoms with E-state index in [1.54, 1.807) is 17.7 Å². The van der Waals surface area contributed by atoms with Gasteiger partial charge in [-0.1, -0.05) is 0 Å². The lowest BCUT2D eigenvalue weighted by atomic mass is 9.96. The number of carbonyl (C=O) groups excluding carboxylic acids is 1. The Labute approximate surface area is 168 Å². The molecular formula is C19H25N7OS. The zero-order chi connectivity index (χ0) is 19.7. The number of piperidine rings is 1. The van der Waals surface area contributed by atoms with Crippen molar-refractivity contribution < 1.29 is 4.79 Å². The number of hydrogen-bond donors (Lipinski definition) is 1. The first-order chi connectivity index (χ1) is 13.6. The van der Waals surface area contributed by atoms with Crippen LogP contribution in [0.15, 0.2) is 23.2 Å². The van der Waals surface area contributed by atoms with Gasteiger partial charge in [0.05, 0.1) is 11.6 Å². The normalized spacial score (nSPS) is 17.2. The van der Waals surface area contributed by atoms with Gasteiger partial charge in [0.2, 0.25) is 11.9 Å². The summed E-state index contributed by atoms with van der Waals surface area (Å²) in [5, 5.41) is 4.06. The fourth-order valence-electron chi connectivity index (χ4n) is 3.79. The van der Waals surface area contributed by atoms with E-state index < -0.39 is 0 Å². The lowest BCUT2D eigenvalue weighted by Crippen LogP contribution is -2.45. The van der Waals surface area contributed by atoms with Crippen molar-refractivity contribution in [2.45, 2.75) is 26.7 Å². The Kier molecular flexibility index (Phi) is 5.17. The second-order valence-electron chi connectivity index (χ2n) is 6.97. The van der Waals surface area contributed by atoms with Crippen molar-refractivity contribution in [1.82, 2.24) is 24.4 Å². The van der Waals surface area contributed by atoms with Crippen LogP contribution in [0.1, 0.15) is 26.7 Å². The highest BCUT2D eigenvalue weighted by atomic mass is 32.1. The van der Waals surface area contributed by atoms with Gasteiger partial charge >= 0.3 is 0 Å². The zero-order valence-electron chi connectivity index (χ0n) is 16.2. The number of anilines is 2. The smallest absolute Gasteiger partial charge is 0.229 e. The van der Waals surface area contributed by atoms with Crippen molar-refractivity contribution in [2.75, 3.05) is 36.8 Å². The van der Waals surface area contributed by atoms with E-state index >= 15 is 0 Å². The van der Waals surface area contributed by atoms with E-state index in [0.29, 0.717) is 29.5 Å². The molecule has 0 spiro atoms. The minimum atomic E-state index is -0.0315. The average molecular weight is 400 g/mol. The summed E-state index contributed by atoms with van der Waals surface area (Å²) in [6, 6.07) is 2.02. The van der Waals surface area contributed by atoms with Crippen LogP contribution in [0, 0.1) is 5.92 Å². The molecule has 1 atom stereocenters. The first kappa shape index (κ1) is 18.7. The Bertz CT molecular complexity index is 964. The van der Waals surface area contributed by atoms with E-state index in [1.165, 1.54) is 0 Å². The third kappa shape index (κ3) is 3.30. The summed E-state index contributed by atoms with van der Waals surface area (Å²) in [5.41, 5.74) is 8.49. The lowest BCUT2D eigenvalue weighted by molar-refractivity contribution is -0.135. The monoisotopic (exact) mass is 399 g/mol. The Hall–Kier alpha value is -2.68. The molecule has 0 aliphatic carbocycles. The van der Waals surface area contributed by atoms with Crippen LogP contribution in [0.2, 0.25) is 0 Å². The molecule has 1 saturated heterocycles. The summed E-state index contributed by atoms with van der Waals surface area (Å²) in [5.74, 6) is 1.12. The van der Waals surface area contributed by atoms with Gasteiger partial charge in [-0.05, 0) is 38.1 Å². The SMILES string of the molecule is CCN(CC)C(=O)C1CCCN(c2nc(N)c3ncn(-c4ccsc4)c3n2)C1. The Morgan fingerprint density at radius 2 is 2.18 bits per heavy atom. The summed E-state index contributed by atoms with van der Waals surface area (Å²) >= 11 is 1.62. The predicted octanol–water partition coefficient (Wildman–Crippen LogP) is 2.54. The molecule has 1 amide bonds. The molecule has 2 N–H and O–H groups in total. The molecule has 0 saturated carbocycles. The molecule has 0 radical (unpaired) electrons. The zero-order valence-corrected chi connectivity index (χ0v) is 17.0. The molecule has 0 aromatic carbocycles. The molecule has 9 heteroatoms. The van der Waals surface area contributed by atoms with Gasteiger partial charge in [-0.15, -0.1) is 0 Å². The van der Waals surface area contributed by atoms with Crippen molar-refractivity contribution >= 4 is 40.2 Å². The third-order valence-corrected chi connectivity index (χ3v) is 5.99. The van der Waals surface area contributed by atoms with E-state index in [1.807, 2.05) is 40.1 Å². The number of nitrogens with zero attached hydrogens (tertiary/aromatic N) is 6. The van der Waals surface area contributed by atoms with Crippen molar-refractivity contribution in [3.8, 4) is 5.69 Å². The third-order valence-electron chi connectivity index (χ3n) is 5.32. The minimum Gasteiger partial charge on any atom is -0.382 e. The van der Waals surface area contributed by atoms with Crippen molar-refractivity contribution in [3.05, 3.63) is 23.2 Å². The van der Waals surface area contributed by atoms with Crippen LogP contribution >= 0.6 is 11.3 Å². The molecule has 1 unspecified atom stereocenters. The largest absolute Gasteiger partial charge is 0.382 e. The number of fused-ring (bicyclic) bond motifs is 1. The number of aromatic nitrogens is 4. The van der Waals surface area contributed by atoms with Crippen LogP contribution in [0.25, 0.3) is 16.9 Å². The Balaban J connectivity index is 1.65. The molecule has 3 aromatic rings. The molecule has 4 heterocycles. The molecule has 1 aliphatic heterocycles. The molecule has 4 rings (SSSR count). The highest BCUT2D eigenvalue weighted by molar-refractivity contribution is 7.08. The highest BCUT2D eigenvalue weighted by Gasteiger charge is 2.30. The van der Waals surface area contributed by atoms with Gasteiger partial charge < -0.3 is 15.5 Å². The van der Waals surface area contributed by atoms with Crippen LogP contribution in [-0.2, 0) is 4.79 Å². The maximum absolute atomic E-state index is 12.8. The lowest BCUT2D eigenvalue weighted by Gasteiger charge is -2.34. The number of hydrogen-bond acceptors (Lipinski definition) is 7. The van der Waals surface area contributed by atoms with Gasteiger partial charge in [-0.25, -0.2) is 4.98 Å². The Morgan fingerprint density at radius 1 is 1.36 bits per heavy atom. The van der Waals surface area contributed by atoms with Crippen LogP contribution in [0.5, 0.6) is 0 Å². The summed E-state index contributed by atoms with van der Waals surface area (Å²) in [6.45, 7) is 6.95. The molecule has 8 nitrogen and oxygen atoms in total. The molecule has 28 heavy (non-hydrogen) atoms. The maximum Gasteiger partial charge on any atom is 0.229 e. The van der Waals surface area contributed by atoms with Gasteiger partial charge in [0.25, 0.3) is 0 Å². The number of thiophene rings is 1. The summed E-state index contributed by atoms with van der Waals surface area (Å²) in [6.07, 6.45) is 3.56. The van der Waals surface area contributed by atoms with E-state index in [2.05, 4.69) is 14.9 Å². The summed E-state index contributed by atoms with van der Waals surface area (Å²) in [7, 11) is 0. The fraction of sp³-hybridized carbons (Fsp3) is 0.474. The topological polar surface area (TPSA) is 93.2 Å². The number of nitrogens with two attached hydrogens (primary N) is 1. The molecule has 0 bridgehead atoms. The van der Waals surface area contributed by atoms with E-state index in [-0.39, 0.29) is 11.8 Å². The quantitative estimate of drug-likeness (QED) is 0.709. The van der Waals surface area contributed by atoms with Gasteiger partial charge in [0.15, 0.2) is 17.0 Å². The number of imidazole rings is 1. The van der Waals surface area contributed by atoms with Gasteiger partial charge in [0.1, 0.15) is 6.33 Å². The summed E-state index contributed by atoms with van der Waals surface area (Å²) < 4.78 is 1.93. The molecule has 1 aliphatic rings. The Morgan fingerprint density at radius 3 is 2.89 bits per heavy atom. The van der Waals surface area contributed by atoms with Crippen molar-refractivity contribution in [1.29, 1.82) is 0 Å². The van der Waals surface area contributed by atoms with Crippen LogP contribution < -0.4 is 10.6 Å². The molecular weight excluding hydrogens is 374 g/mol. The fourth-order valence-corrected chi connectivity index (χ4v) is 4.42. The number of amides is 1. The van der Waals surface area contributed by atoms with Crippen LogP contribution in [0.3, 0.4) is 0 Å². The number of rotatable bonds is 5. The molecule has 3 aromatic heterocycles. The summed E-state index contributed by atoms with van der Waals surface area (Å²) in [4.78, 5) is 30.4. The van der Waals surface area contributed by atoms with Gasteiger partial charge in [0, 0.05) is 31.6 Å². The second-order valence-corrected chi connectivity index (χ2v) is 7.75. The van der Waals surface area contributed by atoms with Crippen LogP contribution in [0.4, 0.5) is 11.8 Å². The standard InChI is InChI=1S/C19H25N7OS/c1-3-24(4-2)18(27)13-6-5-8-25(10-13)19-22-16(20)15-17(23-19)26(12-21-15)14-7-9-28-11-14/h7,9,11-13H,3-6,8,10H2,1-2H3,(H2,20,22,23). The van der Waals surface area contributed by atoms with Gasteiger partial charge in [-0.2, -0.15) is 21.3 Å². The van der Waals surface area contributed by atoms with Crippen LogP contribution in [-0.4, -0.2) is 56.5 Å². The van der Waals surface area contributed by atoms with E-state index in [0.717, 1.165) is 38.2 Å². The number of nitrogen functional groups attached to an aromatic ring is 1. The second kappa shape index (κ2) is 7.75. The maximum atomic E-state index is 12.8. The highest BCUT2D eigenvalue weighted by Crippen LogP contribution is 2.27. The van der Waals surface area contributed by atoms with Crippen molar-refractivity contribution in [3.63, 3.8) is 0 Å². The minimum absolute atomic E-state index is 0.0315. The molecule has 1 fully saturated rings. The van der Waals surface area contributed by atoms with Crippen molar-refractivity contribution in [2.24, 2.45) is 5.92 Å². The van der Waals surface area contributed by atoms with E-state index in [9.17, 15) is 4.79 Å². The first-order valence-electron chi connectivity index (χ1n) is 9.69. The molecule has 148 valence electrons. The van der Waals surface area contributed by atoms with E-state index in [4.69, 9.17) is 10.7 Å². The average Bonchev–Trinajstić information content (AvgIpc) is 3.38.